The van der Waals surface area contributed by atoms with Crippen LogP contribution in [0.25, 0.3) is 21.6 Å². The van der Waals surface area contributed by atoms with Crippen molar-refractivity contribution in [2.45, 2.75) is 6.61 Å². The summed E-state index contributed by atoms with van der Waals surface area (Å²) in [4.78, 5) is 13.8. The van der Waals surface area contributed by atoms with Gasteiger partial charge in [0.15, 0.2) is 11.6 Å². The minimum atomic E-state index is 0.277. The van der Waals surface area contributed by atoms with Gasteiger partial charge in [0.05, 0.1) is 15.8 Å². The Kier molecular flexibility index (Phi) is 3.24. The number of fused-ring (bicyclic) bond motifs is 1. The predicted molar refractivity (Wildman–Crippen MR) is 83.6 cm³/mol. The molecule has 0 aliphatic heterocycles. The molecule has 0 unspecified atom stereocenters. The highest BCUT2D eigenvalue weighted by atomic mass is 32.1. The van der Waals surface area contributed by atoms with Gasteiger partial charge in [-0.05, 0) is 23.6 Å². The van der Waals surface area contributed by atoms with Gasteiger partial charge in [-0.15, -0.1) is 11.3 Å². The molecule has 7 heteroatoms. The summed E-state index contributed by atoms with van der Waals surface area (Å²) in [6.07, 6.45) is 1.50. The number of hydrogen-bond donors (Lipinski definition) is 1. The molecule has 1 N–H and O–H groups in total. The number of rotatable bonds is 4. The smallest absolute Gasteiger partial charge is 0.224 e. The van der Waals surface area contributed by atoms with Gasteiger partial charge in [-0.3, -0.25) is 5.10 Å². The van der Waals surface area contributed by atoms with Crippen LogP contribution in [-0.4, -0.2) is 25.1 Å². The molecule has 0 saturated carbocycles. The molecule has 0 radical (unpaired) electrons. The quantitative estimate of drug-likeness (QED) is 0.627. The largest absolute Gasteiger partial charge is 0.469 e. The van der Waals surface area contributed by atoms with Crippen molar-refractivity contribution in [1.29, 1.82) is 0 Å². The molecule has 0 atom stereocenters. The van der Waals surface area contributed by atoms with Gasteiger partial charge in [0.1, 0.15) is 12.9 Å². The standard InChI is InChI=1S/C15H11N5OS/c1-2-5-11-10(4-1)15(17-9-16-11)21-8-13-18-14(20-19-13)12-6-3-7-22-12/h1-7,9H,8H2,(H,18,19,20). The summed E-state index contributed by atoms with van der Waals surface area (Å²) in [5.41, 5.74) is 0.851. The number of benzene rings is 1. The van der Waals surface area contributed by atoms with Crippen molar-refractivity contribution in [2.75, 3.05) is 0 Å². The molecular formula is C15H11N5OS. The van der Waals surface area contributed by atoms with E-state index < -0.39 is 0 Å². The van der Waals surface area contributed by atoms with Crippen LogP contribution in [0.4, 0.5) is 0 Å². The third-order valence-corrected chi connectivity index (χ3v) is 3.99. The number of ether oxygens (including phenoxy) is 1. The molecule has 0 aliphatic rings. The Labute approximate surface area is 129 Å². The lowest BCUT2D eigenvalue weighted by atomic mass is 10.2. The summed E-state index contributed by atoms with van der Waals surface area (Å²) < 4.78 is 5.75. The Balaban J connectivity index is 1.55. The number of hydrogen-bond acceptors (Lipinski definition) is 6. The molecule has 4 aromatic rings. The second kappa shape index (κ2) is 5.53. The summed E-state index contributed by atoms with van der Waals surface area (Å²) in [5.74, 6) is 1.88. The lowest BCUT2D eigenvalue weighted by Crippen LogP contribution is -2.00. The van der Waals surface area contributed by atoms with Crippen LogP contribution in [0.3, 0.4) is 0 Å². The molecule has 0 amide bonds. The zero-order valence-corrected chi connectivity index (χ0v) is 12.2. The van der Waals surface area contributed by atoms with Crippen molar-refractivity contribution in [1.82, 2.24) is 25.1 Å². The van der Waals surface area contributed by atoms with Crippen molar-refractivity contribution in [3.05, 3.63) is 53.9 Å². The molecule has 108 valence electrons. The van der Waals surface area contributed by atoms with Gasteiger partial charge in [-0.2, -0.15) is 5.10 Å². The Morgan fingerprint density at radius 1 is 1.09 bits per heavy atom. The molecule has 0 fully saturated rings. The van der Waals surface area contributed by atoms with Crippen LogP contribution >= 0.6 is 11.3 Å². The number of H-pyrrole nitrogens is 1. The highest BCUT2D eigenvalue weighted by Crippen LogP contribution is 2.22. The Morgan fingerprint density at radius 2 is 2.05 bits per heavy atom. The van der Waals surface area contributed by atoms with E-state index in [2.05, 4.69) is 25.1 Å². The topological polar surface area (TPSA) is 76.6 Å². The molecule has 3 aromatic heterocycles. The van der Waals surface area contributed by atoms with E-state index in [1.807, 2.05) is 41.8 Å². The molecule has 0 saturated heterocycles. The Hall–Kier alpha value is -2.80. The van der Waals surface area contributed by atoms with Gasteiger partial charge in [0.25, 0.3) is 0 Å². The van der Waals surface area contributed by atoms with E-state index in [0.29, 0.717) is 17.5 Å². The van der Waals surface area contributed by atoms with Crippen LogP contribution in [0.15, 0.2) is 48.1 Å². The summed E-state index contributed by atoms with van der Waals surface area (Å²) in [7, 11) is 0. The lowest BCUT2D eigenvalue weighted by Gasteiger charge is -2.05. The molecule has 4 rings (SSSR count). The Morgan fingerprint density at radius 3 is 2.95 bits per heavy atom. The maximum absolute atomic E-state index is 5.75. The molecule has 1 aromatic carbocycles. The fraction of sp³-hybridized carbons (Fsp3) is 0.0667. The van der Waals surface area contributed by atoms with E-state index in [1.165, 1.54) is 6.33 Å². The molecule has 3 heterocycles. The molecule has 0 spiro atoms. The molecule has 0 bridgehead atoms. The van der Waals surface area contributed by atoms with E-state index in [9.17, 15) is 0 Å². The van der Waals surface area contributed by atoms with Gasteiger partial charge in [0, 0.05) is 0 Å². The fourth-order valence-electron chi connectivity index (χ4n) is 2.11. The summed E-state index contributed by atoms with van der Waals surface area (Å²) >= 11 is 1.60. The zero-order chi connectivity index (χ0) is 14.8. The van der Waals surface area contributed by atoms with Gasteiger partial charge in [0.2, 0.25) is 5.88 Å². The number of thiophene rings is 1. The van der Waals surface area contributed by atoms with Crippen molar-refractivity contribution in [2.24, 2.45) is 0 Å². The van der Waals surface area contributed by atoms with Crippen LogP contribution in [-0.2, 0) is 6.61 Å². The van der Waals surface area contributed by atoms with Crippen LogP contribution in [0.1, 0.15) is 5.82 Å². The summed E-state index contributed by atoms with van der Waals surface area (Å²) in [6.45, 7) is 0.277. The van der Waals surface area contributed by atoms with Gasteiger partial charge >= 0.3 is 0 Å². The Bertz CT molecular complexity index is 898. The normalized spacial score (nSPS) is 10.9. The molecule has 0 aliphatic carbocycles. The zero-order valence-electron chi connectivity index (χ0n) is 11.4. The number of aromatic nitrogens is 5. The van der Waals surface area contributed by atoms with Gasteiger partial charge < -0.3 is 4.74 Å². The number of aromatic amines is 1. The molecule has 22 heavy (non-hydrogen) atoms. The van der Waals surface area contributed by atoms with E-state index in [1.54, 1.807) is 11.3 Å². The van der Waals surface area contributed by atoms with Gasteiger partial charge in [-0.1, -0.05) is 18.2 Å². The second-order valence-electron chi connectivity index (χ2n) is 4.57. The molecular weight excluding hydrogens is 298 g/mol. The fourth-order valence-corrected chi connectivity index (χ4v) is 2.77. The van der Waals surface area contributed by atoms with Crippen molar-refractivity contribution in [3.63, 3.8) is 0 Å². The first kappa shape index (κ1) is 12.9. The monoisotopic (exact) mass is 309 g/mol. The van der Waals surface area contributed by atoms with Gasteiger partial charge in [-0.25, -0.2) is 15.0 Å². The first-order chi connectivity index (χ1) is 10.9. The third kappa shape index (κ3) is 2.42. The highest BCUT2D eigenvalue weighted by Gasteiger charge is 2.09. The van der Waals surface area contributed by atoms with Crippen LogP contribution in [0.2, 0.25) is 0 Å². The SMILES string of the molecule is c1csc(-c2n[nH]c(COc3ncnc4ccccc34)n2)c1. The predicted octanol–water partition coefficient (Wildman–Crippen LogP) is 3.06. The lowest BCUT2D eigenvalue weighted by molar-refractivity contribution is 0.288. The van der Waals surface area contributed by atoms with E-state index >= 15 is 0 Å². The van der Waals surface area contributed by atoms with Crippen molar-refractivity contribution < 1.29 is 4.74 Å². The summed E-state index contributed by atoms with van der Waals surface area (Å²) in [5, 5.41) is 9.96. The average Bonchev–Trinajstić information content (AvgIpc) is 3.24. The first-order valence-electron chi connectivity index (χ1n) is 6.68. The maximum atomic E-state index is 5.75. The van der Waals surface area contributed by atoms with E-state index in [0.717, 1.165) is 15.8 Å². The van der Waals surface area contributed by atoms with Crippen LogP contribution in [0, 0.1) is 0 Å². The van der Waals surface area contributed by atoms with Crippen molar-refractivity contribution in [3.8, 4) is 16.6 Å². The highest BCUT2D eigenvalue weighted by molar-refractivity contribution is 7.13. The third-order valence-electron chi connectivity index (χ3n) is 3.13. The van der Waals surface area contributed by atoms with E-state index in [-0.39, 0.29) is 6.61 Å². The molecule has 6 nitrogen and oxygen atoms in total. The average molecular weight is 309 g/mol. The number of nitrogens with one attached hydrogen (secondary N) is 1. The minimum Gasteiger partial charge on any atom is -0.469 e. The number of para-hydroxylation sites is 1. The summed E-state index contributed by atoms with van der Waals surface area (Å²) in [6, 6.07) is 11.7. The maximum Gasteiger partial charge on any atom is 0.224 e. The minimum absolute atomic E-state index is 0.277. The van der Waals surface area contributed by atoms with E-state index in [4.69, 9.17) is 4.74 Å². The van der Waals surface area contributed by atoms with Crippen molar-refractivity contribution >= 4 is 22.2 Å². The van der Waals surface area contributed by atoms with Crippen LogP contribution in [0.5, 0.6) is 5.88 Å². The second-order valence-corrected chi connectivity index (χ2v) is 5.52. The first-order valence-corrected chi connectivity index (χ1v) is 7.56. The number of nitrogens with zero attached hydrogens (tertiary/aromatic N) is 4. The van der Waals surface area contributed by atoms with Crippen LogP contribution < -0.4 is 4.74 Å².